The Morgan fingerprint density at radius 3 is 2.21 bits per heavy atom. The minimum Gasteiger partial charge on any atom is -0.493 e. The van der Waals surface area contributed by atoms with Crippen molar-refractivity contribution in [2.24, 2.45) is 0 Å². The SMILES string of the molecule is COc1cc(C(=O)Nc2ccc(Cl)cc2C)c(N(Cc2ccccc2)S(C)(=O)=O)cc1OC. The van der Waals surface area contributed by atoms with Crippen molar-refractivity contribution in [3.63, 3.8) is 0 Å². The van der Waals surface area contributed by atoms with Crippen LogP contribution < -0.4 is 19.1 Å². The molecule has 0 saturated heterocycles. The third kappa shape index (κ3) is 5.77. The summed E-state index contributed by atoms with van der Waals surface area (Å²) in [4.78, 5) is 13.4. The molecule has 0 aliphatic carbocycles. The smallest absolute Gasteiger partial charge is 0.257 e. The highest BCUT2D eigenvalue weighted by atomic mass is 35.5. The second kappa shape index (κ2) is 10.1. The molecule has 0 aliphatic rings. The van der Waals surface area contributed by atoms with Crippen LogP contribution in [-0.2, 0) is 16.6 Å². The number of nitrogens with one attached hydrogen (secondary N) is 1. The first-order valence-electron chi connectivity index (χ1n) is 9.99. The third-order valence-corrected chi connectivity index (χ3v) is 6.38. The van der Waals surface area contributed by atoms with Crippen LogP contribution in [0.2, 0.25) is 5.02 Å². The Hall–Kier alpha value is -3.23. The number of nitrogens with zero attached hydrogens (tertiary/aromatic N) is 1. The number of ether oxygens (including phenoxy) is 2. The maximum atomic E-state index is 13.4. The monoisotopic (exact) mass is 488 g/mol. The van der Waals surface area contributed by atoms with Crippen molar-refractivity contribution in [1.29, 1.82) is 0 Å². The molecule has 3 rings (SSSR count). The van der Waals surface area contributed by atoms with Gasteiger partial charge in [-0.3, -0.25) is 9.10 Å². The number of aryl methyl sites for hydroxylation is 1. The van der Waals surface area contributed by atoms with Crippen molar-refractivity contribution in [3.05, 3.63) is 82.4 Å². The molecular formula is C24H25ClN2O5S. The lowest BCUT2D eigenvalue weighted by atomic mass is 10.1. The molecule has 0 saturated carbocycles. The second-order valence-corrected chi connectivity index (χ2v) is 9.74. The standard InChI is InChI=1S/C24H25ClN2O5S/c1-16-12-18(25)10-11-20(16)26-24(28)19-13-22(31-2)23(32-3)14-21(19)27(33(4,29)30)15-17-8-6-5-7-9-17/h5-14H,15H2,1-4H3,(H,26,28). The van der Waals surface area contributed by atoms with Gasteiger partial charge in [0.25, 0.3) is 5.91 Å². The lowest BCUT2D eigenvalue weighted by Gasteiger charge is -2.26. The predicted molar refractivity (Wildman–Crippen MR) is 131 cm³/mol. The van der Waals surface area contributed by atoms with E-state index in [0.29, 0.717) is 22.2 Å². The molecule has 0 aromatic heterocycles. The Morgan fingerprint density at radius 2 is 1.64 bits per heavy atom. The van der Waals surface area contributed by atoms with E-state index in [4.69, 9.17) is 21.1 Å². The summed E-state index contributed by atoms with van der Waals surface area (Å²) in [6.45, 7) is 1.85. The lowest BCUT2D eigenvalue weighted by molar-refractivity contribution is 0.102. The predicted octanol–water partition coefficient (Wildman–Crippen LogP) is 4.88. The molecule has 174 valence electrons. The summed E-state index contributed by atoms with van der Waals surface area (Å²) in [6.07, 6.45) is 1.09. The summed E-state index contributed by atoms with van der Waals surface area (Å²) in [5.41, 5.74) is 2.37. The van der Waals surface area contributed by atoms with Gasteiger partial charge in [-0.2, -0.15) is 0 Å². The summed E-state index contributed by atoms with van der Waals surface area (Å²) in [5, 5.41) is 3.38. The number of halogens is 1. The van der Waals surface area contributed by atoms with Gasteiger partial charge in [0.1, 0.15) is 0 Å². The highest BCUT2D eigenvalue weighted by Crippen LogP contribution is 2.37. The van der Waals surface area contributed by atoms with E-state index >= 15 is 0 Å². The summed E-state index contributed by atoms with van der Waals surface area (Å²) in [6, 6.07) is 17.2. The molecule has 0 unspecified atom stereocenters. The van der Waals surface area contributed by atoms with Crippen molar-refractivity contribution < 1.29 is 22.7 Å². The Kier molecular flexibility index (Phi) is 7.50. The number of benzene rings is 3. The number of sulfonamides is 1. The van der Waals surface area contributed by atoms with Gasteiger partial charge in [0, 0.05) is 16.8 Å². The van der Waals surface area contributed by atoms with E-state index in [1.807, 2.05) is 37.3 Å². The highest BCUT2D eigenvalue weighted by molar-refractivity contribution is 7.92. The van der Waals surface area contributed by atoms with E-state index in [0.717, 1.165) is 17.4 Å². The van der Waals surface area contributed by atoms with Crippen LogP contribution in [0.1, 0.15) is 21.5 Å². The van der Waals surface area contributed by atoms with Gasteiger partial charge in [0.2, 0.25) is 10.0 Å². The maximum Gasteiger partial charge on any atom is 0.257 e. The summed E-state index contributed by atoms with van der Waals surface area (Å²) in [7, 11) is -0.874. The normalized spacial score (nSPS) is 11.1. The molecule has 0 fully saturated rings. The first-order chi connectivity index (χ1) is 15.6. The molecule has 9 heteroatoms. The number of anilines is 2. The van der Waals surface area contributed by atoms with Crippen molar-refractivity contribution in [2.45, 2.75) is 13.5 Å². The number of methoxy groups -OCH3 is 2. The number of rotatable bonds is 8. The van der Waals surface area contributed by atoms with Crippen LogP contribution in [0.4, 0.5) is 11.4 Å². The lowest BCUT2D eigenvalue weighted by Crippen LogP contribution is -2.31. The Balaban J connectivity index is 2.14. The number of hydrogen-bond acceptors (Lipinski definition) is 5. The van der Waals surface area contributed by atoms with E-state index in [1.165, 1.54) is 30.7 Å². The largest absolute Gasteiger partial charge is 0.493 e. The van der Waals surface area contributed by atoms with Gasteiger partial charge in [0.15, 0.2) is 11.5 Å². The fourth-order valence-corrected chi connectivity index (χ4v) is 4.46. The van der Waals surface area contributed by atoms with Crippen LogP contribution in [0.15, 0.2) is 60.7 Å². The van der Waals surface area contributed by atoms with E-state index < -0.39 is 15.9 Å². The molecule has 0 aliphatic heterocycles. The average molecular weight is 489 g/mol. The highest BCUT2D eigenvalue weighted by Gasteiger charge is 2.27. The molecule has 0 bridgehead atoms. The van der Waals surface area contributed by atoms with E-state index in [2.05, 4.69) is 5.32 Å². The Morgan fingerprint density at radius 1 is 1.00 bits per heavy atom. The van der Waals surface area contributed by atoms with Gasteiger partial charge in [-0.25, -0.2) is 8.42 Å². The summed E-state index contributed by atoms with van der Waals surface area (Å²) < 4.78 is 37.6. The van der Waals surface area contributed by atoms with Crippen LogP contribution in [0, 0.1) is 6.92 Å². The second-order valence-electron chi connectivity index (χ2n) is 7.39. The van der Waals surface area contributed by atoms with E-state index in [9.17, 15) is 13.2 Å². The minimum absolute atomic E-state index is 0.0371. The zero-order chi connectivity index (χ0) is 24.2. The fraction of sp³-hybridized carbons (Fsp3) is 0.208. The minimum atomic E-state index is -3.76. The first-order valence-corrected chi connectivity index (χ1v) is 12.2. The van der Waals surface area contributed by atoms with Crippen LogP contribution in [0.5, 0.6) is 11.5 Å². The molecule has 3 aromatic rings. The zero-order valence-corrected chi connectivity index (χ0v) is 20.3. The zero-order valence-electron chi connectivity index (χ0n) is 18.8. The van der Waals surface area contributed by atoms with Gasteiger partial charge in [-0.15, -0.1) is 0 Å². The van der Waals surface area contributed by atoms with E-state index in [1.54, 1.807) is 18.2 Å². The van der Waals surface area contributed by atoms with Crippen molar-refractivity contribution in [1.82, 2.24) is 0 Å². The molecule has 0 heterocycles. The van der Waals surface area contributed by atoms with Crippen molar-refractivity contribution >= 4 is 38.9 Å². The fourth-order valence-electron chi connectivity index (χ4n) is 3.34. The van der Waals surface area contributed by atoms with Crippen LogP contribution in [-0.4, -0.2) is 34.8 Å². The Labute approximate surface area is 198 Å². The van der Waals surface area contributed by atoms with Crippen molar-refractivity contribution in [3.8, 4) is 11.5 Å². The van der Waals surface area contributed by atoms with Gasteiger partial charge in [-0.05, 0) is 42.3 Å². The van der Waals surface area contributed by atoms with Gasteiger partial charge in [-0.1, -0.05) is 41.9 Å². The van der Waals surface area contributed by atoms with Gasteiger partial charge < -0.3 is 14.8 Å². The van der Waals surface area contributed by atoms with E-state index in [-0.39, 0.29) is 17.8 Å². The molecule has 0 atom stereocenters. The first kappa shape index (κ1) is 24.4. The van der Waals surface area contributed by atoms with Crippen LogP contribution in [0.3, 0.4) is 0 Å². The van der Waals surface area contributed by atoms with Crippen molar-refractivity contribution in [2.75, 3.05) is 30.1 Å². The molecular weight excluding hydrogens is 464 g/mol. The molecule has 1 amide bonds. The molecule has 0 spiro atoms. The molecule has 3 aromatic carbocycles. The summed E-state index contributed by atoms with van der Waals surface area (Å²) in [5.74, 6) is 0.0962. The summed E-state index contributed by atoms with van der Waals surface area (Å²) >= 11 is 6.02. The van der Waals surface area contributed by atoms with Gasteiger partial charge in [0.05, 0.1) is 38.3 Å². The number of carbonyl (C=O) groups excluding carboxylic acids is 1. The number of hydrogen-bond donors (Lipinski definition) is 1. The van der Waals surface area contributed by atoms with Crippen LogP contribution in [0.25, 0.3) is 0 Å². The molecule has 0 radical (unpaired) electrons. The molecule has 1 N–H and O–H groups in total. The van der Waals surface area contributed by atoms with Crippen LogP contribution >= 0.6 is 11.6 Å². The third-order valence-electron chi connectivity index (χ3n) is 5.02. The maximum absolute atomic E-state index is 13.4. The Bertz CT molecular complexity index is 1260. The quantitative estimate of drug-likeness (QED) is 0.488. The number of amides is 1. The number of carbonyl (C=O) groups is 1. The van der Waals surface area contributed by atoms with Gasteiger partial charge >= 0.3 is 0 Å². The molecule has 33 heavy (non-hydrogen) atoms. The topological polar surface area (TPSA) is 84.9 Å². The average Bonchev–Trinajstić information content (AvgIpc) is 2.78. The molecule has 7 nitrogen and oxygen atoms in total.